The summed E-state index contributed by atoms with van der Waals surface area (Å²) in [7, 11) is 0. The van der Waals surface area contributed by atoms with E-state index < -0.39 is 5.92 Å². The molecule has 0 aromatic carbocycles. The lowest BCUT2D eigenvalue weighted by Crippen LogP contribution is -2.43. The number of rotatable bonds is 2. The van der Waals surface area contributed by atoms with Crippen molar-refractivity contribution in [1.29, 1.82) is 0 Å². The van der Waals surface area contributed by atoms with Crippen LogP contribution in [0, 0.1) is 5.92 Å². The van der Waals surface area contributed by atoms with Crippen LogP contribution >= 0.6 is 0 Å². The fourth-order valence-corrected chi connectivity index (χ4v) is 2.75. The number of amides is 1. The molecule has 1 aliphatic heterocycles. The van der Waals surface area contributed by atoms with E-state index in [0.717, 1.165) is 13.0 Å². The van der Waals surface area contributed by atoms with Gasteiger partial charge < -0.3 is 10.2 Å². The van der Waals surface area contributed by atoms with Gasteiger partial charge in [-0.1, -0.05) is 0 Å². The van der Waals surface area contributed by atoms with E-state index >= 15 is 0 Å². The Kier molecular flexibility index (Phi) is 3.66. The molecule has 2 atom stereocenters. The van der Waals surface area contributed by atoms with Crippen LogP contribution in [0.5, 0.6) is 0 Å². The molecular weight excluding hydrogens is 226 g/mol. The molecule has 1 aliphatic carbocycles. The third-order valence-electron chi connectivity index (χ3n) is 3.72. The Balaban J connectivity index is 1.91. The molecule has 2 aliphatic rings. The van der Waals surface area contributed by atoms with Crippen LogP contribution in [0.2, 0.25) is 0 Å². The van der Waals surface area contributed by atoms with Crippen molar-refractivity contribution in [2.45, 2.75) is 44.6 Å². The minimum atomic E-state index is -2.51. The number of halogens is 2. The molecule has 1 saturated heterocycles. The summed E-state index contributed by atoms with van der Waals surface area (Å²) in [4.78, 5) is 13.7. The minimum Gasteiger partial charge on any atom is -0.341 e. The van der Waals surface area contributed by atoms with Crippen molar-refractivity contribution in [3.8, 4) is 0 Å². The standard InChI is InChI=1S/C12H20F2N2O/c1-9-11(17)16(6-2-5-15-9)8-10-3-4-12(13,14)7-10/h9-10,15H,2-8H2,1H3. The highest BCUT2D eigenvalue weighted by atomic mass is 19.3. The highest BCUT2D eigenvalue weighted by molar-refractivity contribution is 5.81. The smallest absolute Gasteiger partial charge is 0.248 e. The van der Waals surface area contributed by atoms with Gasteiger partial charge in [-0.05, 0) is 32.2 Å². The van der Waals surface area contributed by atoms with Crippen molar-refractivity contribution in [2.75, 3.05) is 19.6 Å². The van der Waals surface area contributed by atoms with E-state index in [1.165, 1.54) is 0 Å². The number of nitrogens with one attached hydrogen (secondary N) is 1. The van der Waals surface area contributed by atoms with Crippen molar-refractivity contribution < 1.29 is 13.6 Å². The van der Waals surface area contributed by atoms with Crippen LogP contribution in [0.15, 0.2) is 0 Å². The maximum atomic E-state index is 13.1. The van der Waals surface area contributed by atoms with Crippen molar-refractivity contribution in [3.05, 3.63) is 0 Å². The fourth-order valence-electron chi connectivity index (χ4n) is 2.75. The van der Waals surface area contributed by atoms with Crippen LogP contribution < -0.4 is 5.32 Å². The summed E-state index contributed by atoms with van der Waals surface area (Å²) in [6, 6.07) is -0.181. The van der Waals surface area contributed by atoms with E-state index in [1.807, 2.05) is 6.92 Å². The van der Waals surface area contributed by atoms with Crippen LogP contribution in [-0.4, -0.2) is 42.4 Å². The molecule has 2 fully saturated rings. The second kappa shape index (κ2) is 4.88. The lowest BCUT2D eigenvalue weighted by atomic mass is 10.1. The monoisotopic (exact) mass is 246 g/mol. The summed E-state index contributed by atoms with van der Waals surface area (Å²) in [5, 5.41) is 3.13. The van der Waals surface area contributed by atoms with E-state index in [2.05, 4.69) is 5.32 Å². The largest absolute Gasteiger partial charge is 0.341 e. The summed E-state index contributed by atoms with van der Waals surface area (Å²) >= 11 is 0. The third-order valence-corrected chi connectivity index (χ3v) is 3.72. The van der Waals surface area contributed by atoms with Gasteiger partial charge in [-0.3, -0.25) is 4.79 Å². The predicted molar refractivity (Wildman–Crippen MR) is 60.9 cm³/mol. The first-order valence-electron chi connectivity index (χ1n) is 6.38. The third kappa shape index (κ3) is 3.15. The fraction of sp³-hybridized carbons (Fsp3) is 0.917. The molecule has 0 aromatic heterocycles. The van der Waals surface area contributed by atoms with Gasteiger partial charge in [0.25, 0.3) is 0 Å². The Hall–Kier alpha value is -0.710. The maximum Gasteiger partial charge on any atom is 0.248 e. The molecule has 0 aromatic rings. The molecule has 1 N–H and O–H groups in total. The van der Waals surface area contributed by atoms with E-state index in [-0.39, 0.29) is 30.7 Å². The van der Waals surface area contributed by atoms with Gasteiger partial charge in [0.05, 0.1) is 6.04 Å². The molecule has 2 rings (SSSR count). The Morgan fingerprint density at radius 3 is 2.94 bits per heavy atom. The van der Waals surface area contributed by atoms with Crippen molar-refractivity contribution >= 4 is 5.91 Å². The Morgan fingerprint density at radius 1 is 1.53 bits per heavy atom. The number of carbonyl (C=O) groups excluding carboxylic acids is 1. The van der Waals surface area contributed by atoms with E-state index in [9.17, 15) is 13.6 Å². The highest BCUT2D eigenvalue weighted by Crippen LogP contribution is 2.39. The number of nitrogens with zero attached hydrogens (tertiary/aromatic N) is 1. The lowest BCUT2D eigenvalue weighted by molar-refractivity contribution is -0.133. The van der Waals surface area contributed by atoms with Gasteiger partial charge in [-0.2, -0.15) is 0 Å². The average molecular weight is 246 g/mol. The molecule has 1 amide bonds. The highest BCUT2D eigenvalue weighted by Gasteiger charge is 2.40. The van der Waals surface area contributed by atoms with Gasteiger partial charge >= 0.3 is 0 Å². The van der Waals surface area contributed by atoms with Crippen molar-refractivity contribution in [3.63, 3.8) is 0 Å². The van der Waals surface area contributed by atoms with Crippen LogP contribution in [0.3, 0.4) is 0 Å². The van der Waals surface area contributed by atoms with Gasteiger partial charge in [-0.15, -0.1) is 0 Å². The van der Waals surface area contributed by atoms with E-state index in [0.29, 0.717) is 19.5 Å². The van der Waals surface area contributed by atoms with Crippen LogP contribution in [-0.2, 0) is 4.79 Å². The molecule has 5 heteroatoms. The summed E-state index contributed by atoms with van der Waals surface area (Å²) < 4.78 is 26.2. The summed E-state index contributed by atoms with van der Waals surface area (Å²) in [6.45, 7) is 3.85. The van der Waals surface area contributed by atoms with Gasteiger partial charge in [0.15, 0.2) is 0 Å². The van der Waals surface area contributed by atoms with Crippen molar-refractivity contribution in [1.82, 2.24) is 10.2 Å². The van der Waals surface area contributed by atoms with E-state index in [1.54, 1.807) is 4.90 Å². The Morgan fingerprint density at radius 2 is 2.29 bits per heavy atom. The van der Waals surface area contributed by atoms with Crippen LogP contribution in [0.4, 0.5) is 8.78 Å². The zero-order chi connectivity index (χ0) is 12.5. The molecule has 3 nitrogen and oxygen atoms in total. The second-order valence-corrected chi connectivity index (χ2v) is 5.28. The zero-order valence-electron chi connectivity index (χ0n) is 10.2. The number of alkyl halides is 2. The SMILES string of the molecule is CC1NCCCN(CC2CCC(F)(F)C2)C1=O. The quantitative estimate of drug-likeness (QED) is 0.803. The predicted octanol–water partition coefficient (Wildman–Crippen LogP) is 1.63. The Bertz CT molecular complexity index is 296. The summed E-state index contributed by atoms with van der Waals surface area (Å²) in [6.07, 6.45) is 1.36. The van der Waals surface area contributed by atoms with Gasteiger partial charge in [0, 0.05) is 25.9 Å². The Labute approximate surface area is 101 Å². The van der Waals surface area contributed by atoms with Gasteiger partial charge in [0.2, 0.25) is 11.8 Å². The van der Waals surface area contributed by atoms with Crippen LogP contribution in [0.25, 0.3) is 0 Å². The molecule has 17 heavy (non-hydrogen) atoms. The molecule has 0 radical (unpaired) electrons. The van der Waals surface area contributed by atoms with E-state index in [4.69, 9.17) is 0 Å². The maximum absolute atomic E-state index is 13.1. The van der Waals surface area contributed by atoms with Gasteiger partial charge in [-0.25, -0.2) is 8.78 Å². The summed E-state index contributed by atoms with van der Waals surface area (Å²) in [5.41, 5.74) is 0. The molecule has 2 unspecified atom stereocenters. The molecular formula is C12H20F2N2O. The molecule has 98 valence electrons. The first-order valence-corrected chi connectivity index (χ1v) is 6.38. The number of hydrogen-bond acceptors (Lipinski definition) is 2. The van der Waals surface area contributed by atoms with Crippen molar-refractivity contribution in [2.24, 2.45) is 5.92 Å². The minimum absolute atomic E-state index is 0.0203. The number of hydrogen-bond donors (Lipinski definition) is 1. The average Bonchev–Trinajstić information content (AvgIpc) is 2.52. The molecule has 0 bridgehead atoms. The zero-order valence-corrected chi connectivity index (χ0v) is 10.2. The normalized spacial score (nSPS) is 33.8. The molecule has 0 spiro atoms. The summed E-state index contributed by atoms with van der Waals surface area (Å²) in [5.74, 6) is -2.49. The molecule has 1 heterocycles. The van der Waals surface area contributed by atoms with Gasteiger partial charge in [0.1, 0.15) is 0 Å². The second-order valence-electron chi connectivity index (χ2n) is 5.28. The first kappa shape index (κ1) is 12.7. The number of carbonyl (C=O) groups is 1. The topological polar surface area (TPSA) is 32.3 Å². The molecule has 1 saturated carbocycles. The lowest BCUT2D eigenvalue weighted by Gasteiger charge is -2.25. The first-order chi connectivity index (χ1) is 7.98. The van der Waals surface area contributed by atoms with Crippen LogP contribution in [0.1, 0.15) is 32.6 Å².